The number of rotatable bonds is 3. The van der Waals surface area contributed by atoms with Gasteiger partial charge in [0.2, 0.25) is 0 Å². The first-order chi connectivity index (χ1) is 9.20. The van der Waals surface area contributed by atoms with Crippen LogP contribution in [0.2, 0.25) is 0 Å². The summed E-state index contributed by atoms with van der Waals surface area (Å²) in [6.45, 7) is 2.36. The molecule has 1 fully saturated rings. The Bertz CT molecular complexity index is 534. The Hall–Kier alpha value is -1.75. The highest BCUT2D eigenvalue weighted by molar-refractivity contribution is 5.18. The molecule has 0 bridgehead atoms. The largest absolute Gasteiger partial charge is 0.297 e. The fourth-order valence-electron chi connectivity index (χ4n) is 2.63. The summed E-state index contributed by atoms with van der Waals surface area (Å²) in [5, 5.41) is 4.24. The molecular weight excluding hydrogens is 248 g/mol. The number of aromatic nitrogens is 2. The van der Waals surface area contributed by atoms with Crippen LogP contribution in [0.4, 0.5) is 8.78 Å². The van der Waals surface area contributed by atoms with Crippen LogP contribution in [0.5, 0.6) is 0 Å². The van der Waals surface area contributed by atoms with Crippen LogP contribution in [-0.4, -0.2) is 27.8 Å². The summed E-state index contributed by atoms with van der Waals surface area (Å²) in [5.41, 5.74) is 0.679. The molecule has 1 aliphatic rings. The van der Waals surface area contributed by atoms with E-state index in [0.717, 1.165) is 25.6 Å². The van der Waals surface area contributed by atoms with Crippen LogP contribution >= 0.6 is 0 Å². The number of hydrogen-bond acceptors (Lipinski definition) is 2. The van der Waals surface area contributed by atoms with Gasteiger partial charge in [0.25, 0.3) is 0 Å². The molecule has 1 aromatic carbocycles. The van der Waals surface area contributed by atoms with E-state index in [1.807, 2.05) is 16.9 Å². The van der Waals surface area contributed by atoms with Gasteiger partial charge < -0.3 is 0 Å². The van der Waals surface area contributed by atoms with E-state index in [2.05, 4.69) is 10.00 Å². The van der Waals surface area contributed by atoms with Crippen molar-refractivity contribution in [1.29, 1.82) is 0 Å². The number of nitrogens with zero attached hydrogens (tertiary/aromatic N) is 3. The molecule has 0 saturated carbocycles. The molecule has 5 heteroatoms. The van der Waals surface area contributed by atoms with E-state index >= 15 is 0 Å². The van der Waals surface area contributed by atoms with Gasteiger partial charge in [-0.05, 0) is 30.2 Å². The zero-order valence-corrected chi connectivity index (χ0v) is 10.5. The Labute approximate surface area is 110 Å². The van der Waals surface area contributed by atoms with Gasteiger partial charge in [0, 0.05) is 38.1 Å². The van der Waals surface area contributed by atoms with Crippen molar-refractivity contribution < 1.29 is 8.78 Å². The molecular formula is C14H15F2N3. The minimum absolute atomic E-state index is 0.355. The van der Waals surface area contributed by atoms with Gasteiger partial charge in [-0.15, -0.1) is 0 Å². The summed E-state index contributed by atoms with van der Waals surface area (Å²) >= 11 is 0. The van der Waals surface area contributed by atoms with Crippen molar-refractivity contribution in [1.82, 2.24) is 14.7 Å². The Kier molecular flexibility index (Phi) is 3.29. The molecule has 0 radical (unpaired) electrons. The van der Waals surface area contributed by atoms with Crippen molar-refractivity contribution in [3.8, 4) is 0 Å². The molecule has 1 aromatic heterocycles. The SMILES string of the molecule is Fc1cc(F)cc(CN2CCC(n3cccn3)C2)c1. The smallest absolute Gasteiger partial charge is 0.126 e. The first-order valence-electron chi connectivity index (χ1n) is 6.37. The van der Waals surface area contributed by atoms with E-state index in [1.54, 1.807) is 6.20 Å². The monoisotopic (exact) mass is 263 g/mol. The Morgan fingerprint density at radius 3 is 2.68 bits per heavy atom. The van der Waals surface area contributed by atoms with E-state index < -0.39 is 11.6 Å². The molecule has 3 rings (SSSR count). The quantitative estimate of drug-likeness (QED) is 0.848. The average molecular weight is 263 g/mol. The van der Waals surface area contributed by atoms with Gasteiger partial charge in [-0.3, -0.25) is 9.58 Å². The maximum atomic E-state index is 13.1. The average Bonchev–Trinajstić information content (AvgIpc) is 2.96. The van der Waals surface area contributed by atoms with Crippen molar-refractivity contribution in [2.24, 2.45) is 0 Å². The molecule has 19 heavy (non-hydrogen) atoms. The summed E-state index contributed by atoms with van der Waals surface area (Å²) in [4.78, 5) is 2.19. The molecule has 0 aliphatic carbocycles. The molecule has 1 unspecified atom stereocenters. The standard InChI is InChI=1S/C14H15F2N3/c15-12-6-11(7-13(16)8-12)9-18-5-2-14(10-18)19-4-1-3-17-19/h1,3-4,6-8,14H,2,5,9-10H2. The highest BCUT2D eigenvalue weighted by atomic mass is 19.1. The predicted molar refractivity (Wildman–Crippen MR) is 67.5 cm³/mol. The lowest BCUT2D eigenvalue weighted by molar-refractivity contribution is 0.310. The fraction of sp³-hybridized carbons (Fsp3) is 0.357. The molecule has 2 heterocycles. The Balaban J connectivity index is 1.65. The van der Waals surface area contributed by atoms with Crippen molar-refractivity contribution in [2.45, 2.75) is 19.0 Å². The summed E-state index contributed by atoms with van der Waals surface area (Å²) in [7, 11) is 0. The maximum absolute atomic E-state index is 13.1. The van der Waals surface area contributed by atoms with Crippen LogP contribution in [0.3, 0.4) is 0 Å². The zero-order valence-electron chi connectivity index (χ0n) is 10.5. The molecule has 0 N–H and O–H groups in total. The molecule has 2 aromatic rings. The van der Waals surface area contributed by atoms with E-state index in [1.165, 1.54) is 12.1 Å². The van der Waals surface area contributed by atoms with Crippen molar-refractivity contribution >= 4 is 0 Å². The molecule has 0 amide bonds. The Morgan fingerprint density at radius 2 is 2.00 bits per heavy atom. The van der Waals surface area contributed by atoms with Crippen LogP contribution in [0.25, 0.3) is 0 Å². The van der Waals surface area contributed by atoms with Crippen LogP contribution in [0.15, 0.2) is 36.7 Å². The van der Waals surface area contributed by atoms with Gasteiger partial charge in [-0.25, -0.2) is 8.78 Å². The van der Waals surface area contributed by atoms with Gasteiger partial charge in [0.05, 0.1) is 6.04 Å². The highest BCUT2D eigenvalue weighted by Gasteiger charge is 2.24. The van der Waals surface area contributed by atoms with E-state index in [-0.39, 0.29) is 0 Å². The van der Waals surface area contributed by atoms with Crippen LogP contribution in [0.1, 0.15) is 18.0 Å². The lowest BCUT2D eigenvalue weighted by atomic mass is 10.2. The van der Waals surface area contributed by atoms with Crippen LogP contribution in [-0.2, 0) is 6.54 Å². The molecule has 0 spiro atoms. The molecule has 1 aliphatic heterocycles. The van der Waals surface area contributed by atoms with Crippen molar-refractivity contribution in [3.63, 3.8) is 0 Å². The zero-order chi connectivity index (χ0) is 13.2. The highest BCUT2D eigenvalue weighted by Crippen LogP contribution is 2.22. The van der Waals surface area contributed by atoms with Gasteiger partial charge in [0.1, 0.15) is 11.6 Å². The maximum Gasteiger partial charge on any atom is 0.126 e. The van der Waals surface area contributed by atoms with Gasteiger partial charge in [0.15, 0.2) is 0 Å². The minimum Gasteiger partial charge on any atom is -0.297 e. The normalized spacial score (nSPS) is 20.0. The lowest BCUT2D eigenvalue weighted by Gasteiger charge is -2.16. The van der Waals surface area contributed by atoms with Gasteiger partial charge >= 0.3 is 0 Å². The summed E-state index contributed by atoms with van der Waals surface area (Å²) in [5.74, 6) is -1.03. The van der Waals surface area contributed by atoms with Crippen LogP contribution < -0.4 is 0 Å². The fourth-order valence-corrected chi connectivity index (χ4v) is 2.63. The molecule has 1 saturated heterocycles. The second-order valence-electron chi connectivity index (χ2n) is 4.94. The van der Waals surface area contributed by atoms with Crippen molar-refractivity contribution in [3.05, 3.63) is 53.9 Å². The third kappa shape index (κ3) is 2.81. The lowest BCUT2D eigenvalue weighted by Crippen LogP contribution is -2.21. The number of halogens is 2. The van der Waals surface area contributed by atoms with Gasteiger partial charge in [-0.1, -0.05) is 0 Å². The molecule has 3 nitrogen and oxygen atoms in total. The number of benzene rings is 1. The summed E-state index contributed by atoms with van der Waals surface area (Å²) in [6.07, 6.45) is 4.74. The summed E-state index contributed by atoms with van der Waals surface area (Å²) < 4.78 is 28.2. The van der Waals surface area contributed by atoms with E-state index in [9.17, 15) is 8.78 Å². The second-order valence-corrected chi connectivity index (χ2v) is 4.94. The molecule has 100 valence electrons. The third-order valence-electron chi connectivity index (χ3n) is 3.48. The first-order valence-corrected chi connectivity index (χ1v) is 6.37. The number of hydrogen-bond donors (Lipinski definition) is 0. The van der Waals surface area contributed by atoms with Gasteiger partial charge in [-0.2, -0.15) is 5.10 Å². The topological polar surface area (TPSA) is 21.1 Å². The van der Waals surface area contributed by atoms with Crippen molar-refractivity contribution in [2.75, 3.05) is 13.1 Å². The van der Waals surface area contributed by atoms with E-state index in [0.29, 0.717) is 18.2 Å². The third-order valence-corrected chi connectivity index (χ3v) is 3.48. The van der Waals surface area contributed by atoms with E-state index in [4.69, 9.17) is 0 Å². The molecule has 1 atom stereocenters. The Morgan fingerprint density at radius 1 is 1.21 bits per heavy atom. The minimum atomic E-state index is -0.516. The second kappa shape index (κ2) is 5.09. The predicted octanol–water partition coefficient (Wildman–Crippen LogP) is 2.61. The first kappa shape index (κ1) is 12.3. The summed E-state index contributed by atoms with van der Waals surface area (Å²) in [6, 6.07) is 5.95. The number of likely N-dealkylation sites (tertiary alicyclic amines) is 1. The van der Waals surface area contributed by atoms with Crippen LogP contribution in [0, 0.1) is 11.6 Å².